The topological polar surface area (TPSA) is 85.2 Å². The minimum absolute atomic E-state index is 0.00464. The third-order valence-electron chi connectivity index (χ3n) is 4.72. The van der Waals surface area contributed by atoms with E-state index >= 15 is 0 Å². The van der Waals surface area contributed by atoms with Crippen molar-refractivity contribution in [3.05, 3.63) is 65.7 Å². The molecule has 0 aliphatic heterocycles. The van der Waals surface area contributed by atoms with Crippen molar-refractivity contribution in [1.82, 2.24) is 14.9 Å². The predicted molar refractivity (Wildman–Crippen MR) is 110 cm³/mol. The Kier molecular flexibility index (Phi) is 5.97. The van der Waals surface area contributed by atoms with Crippen LogP contribution in [0.15, 0.2) is 54.3 Å². The molecule has 28 heavy (non-hydrogen) atoms. The number of ether oxygens (including phenoxy) is 1. The number of aromatic nitrogens is 2. The molecular formula is C22H24N4O2. The van der Waals surface area contributed by atoms with Crippen LogP contribution in [0.5, 0.6) is 5.75 Å². The highest BCUT2D eigenvalue weighted by molar-refractivity contribution is 5.83. The third-order valence-corrected chi connectivity index (χ3v) is 4.72. The molecule has 1 heterocycles. The summed E-state index contributed by atoms with van der Waals surface area (Å²) in [6.07, 6.45) is 0. The number of fused-ring (bicyclic) bond motifs is 1. The number of H-pyrrole nitrogens is 1. The average Bonchev–Trinajstić information content (AvgIpc) is 3.13. The molecule has 0 saturated carbocycles. The van der Waals surface area contributed by atoms with Gasteiger partial charge in [-0.05, 0) is 50.7 Å². The SMILES string of the molecule is CCOc1ccc(CN(C)[C@H](C)/C(O)=C(\C#N)c2nc3ccccc3[nH]2)cc1. The summed E-state index contributed by atoms with van der Waals surface area (Å²) < 4.78 is 5.46. The normalized spacial score (nSPS) is 13.2. The molecule has 0 unspecified atom stereocenters. The van der Waals surface area contributed by atoms with Crippen LogP contribution in [0, 0.1) is 11.3 Å². The van der Waals surface area contributed by atoms with Gasteiger partial charge in [0.2, 0.25) is 0 Å². The van der Waals surface area contributed by atoms with Crippen LogP contribution in [0.3, 0.4) is 0 Å². The van der Waals surface area contributed by atoms with Gasteiger partial charge in [0.05, 0.1) is 23.7 Å². The van der Waals surface area contributed by atoms with Crippen molar-refractivity contribution < 1.29 is 9.84 Å². The number of nitrogens with one attached hydrogen (secondary N) is 1. The molecule has 0 radical (unpaired) electrons. The molecule has 2 aromatic carbocycles. The molecule has 0 fully saturated rings. The molecule has 3 rings (SSSR count). The van der Waals surface area contributed by atoms with Crippen molar-refractivity contribution in [1.29, 1.82) is 5.26 Å². The molecule has 6 heteroatoms. The minimum atomic E-state index is -0.352. The van der Waals surface area contributed by atoms with E-state index in [2.05, 4.69) is 16.0 Å². The number of hydrogen-bond donors (Lipinski definition) is 2. The van der Waals surface area contributed by atoms with E-state index in [1.54, 1.807) is 0 Å². The summed E-state index contributed by atoms with van der Waals surface area (Å²) in [6.45, 7) is 5.07. The summed E-state index contributed by atoms with van der Waals surface area (Å²) in [5.74, 6) is 1.21. The zero-order valence-electron chi connectivity index (χ0n) is 16.3. The Labute approximate surface area is 164 Å². The zero-order chi connectivity index (χ0) is 20.1. The minimum Gasteiger partial charge on any atom is -0.509 e. The summed E-state index contributed by atoms with van der Waals surface area (Å²) in [4.78, 5) is 9.51. The lowest BCUT2D eigenvalue weighted by Gasteiger charge is -2.24. The molecule has 6 nitrogen and oxygen atoms in total. The highest BCUT2D eigenvalue weighted by Gasteiger charge is 2.21. The van der Waals surface area contributed by atoms with Gasteiger partial charge in [0, 0.05) is 6.54 Å². The number of aliphatic hydroxyl groups is 1. The van der Waals surface area contributed by atoms with Crippen LogP contribution in [0.4, 0.5) is 0 Å². The molecule has 0 saturated heterocycles. The Balaban J connectivity index is 1.80. The maximum Gasteiger partial charge on any atom is 0.152 e. The largest absolute Gasteiger partial charge is 0.509 e. The van der Waals surface area contributed by atoms with Gasteiger partial charge in [0.1, 0.15) is 23.2 Å². The molecular weight excluding hydrogens is 352 g/mol. The molecule has 2 N–H and O–H groups in total. The summed E-state index contributed by atoms with van der Waals surface area (Å²) in [6, 6.07) is 17.1. The number of hydrogen-bond acceptors (Lipinski definition) is 5. The monoisotopic (exact) mass is 376 g/mol. The Morgan fingerprint density at radius 2 is 1.96 bits per heavy atom. The Bertz CT molecular complexity index is 982. The van der Waals surface area contributed by atoms with Gasteiger partial charge >= 0.3 is 0 Å². The van der Waals surface area contributed by atoms with Gasteiger partial charge in [0.25, 0.3) is 0 Å². The van der Waals surface area contributed by atoms with E-state index in [9.17, 15) is 10.4 Å². The molecule has 3 aromatic rings. The van der Waals surface area contributed by atoms with Gasteiger partial charge in [-0.15, -0.1) is 0 Å². The van der Waals surface area contributed by atoms with Gasteiger partial charge in [0.15, 0.2) is 5.82 Å². The van der Waals surface area contributed by atoms with Crippen LogP contribution in [0.25, 0.3) is 16.6 Å². The Hall–Kier alpha value is -3.30. The number of aliphatic hydroxyl groups excluding tert-OH is 1. The molecule has 1 aromatic heterocycles. The Morgan fingerprint density at radius 3 is 2.61 bits per heavy atom. The number of imidazole rings is 1. The third kappa shape index (κ3) is 4.16. The molecule has 0 aliphatic carbocycles. The van der Waals surface area contributed by atoms with Crippen LogP contribution in [0.1, 0.15) is 25.2 Å². The summed E-state index contributed by atoms with van der Waals surface area (Å²) in [5, 5.41) is 20.4. The molecule has 0 amide bonds. The molecule has 1 atom stereocenters. The van der Waals surface area contributed by atoms with E-state index in [4.69, 9.17) is 4.74 Å². The van der Waals surface area contributed by atoms with Crippen molar-refractivity contribution in [3.63, 3.8) is 0 Å². The first-order chi connectivity index (χ1) is 13.5. The number of aromatic amines is 1. The lowest BCUT2D eigenvalue weighted by Crippen LogP contribution is -2.31. The van der Waals surface area contributed by atoms with Crippen LogP contribution < -0.4 is 4.74 Å². The Morgan fingerprint density at radius 1 is 1.25 bits per heavy atom. The predicted octanol–water partition coefficient (Wildman–Crippen LogP) is 4.27. The van der Waals surface area contributed by atoms with E-state index in [-0.39, 0.29) is 17.4 Å². The van der Waals surface area contributed by atoms with Crippen molar-refractivity contribution in [2.24, 2.45) is 0 Å². The fourth-order valence-corrected chi connectivity index (χ4v) is 3.00. The van der Waals surface area contributed by atoms with Gasteiger partial charge < -0.3 is 14.8 Å². The molecule has 144 valence electrons. The van der Waals surface area contributed by atoms with E-state index < -0.39 is 0 Å². The van der Waals surface area contributed by atoms with Crippen LogP contribution >= 0.6 is 0 Å². The van der Waals surface area contributed by atoms with Crippen molar-refractivity contribution in [2.45, 2.75) is 26.4 Å². The summed E-state index contributed by atoms with van der Waals surface area (Å²) >= 11 is 0. The first kappa shape index (κ1) is 19.5. The number of benzene rings is 2. The van der Waals surface area contributed by atoms with Crippen molar-refractivity contribution >= 4 is 16.6 Å². The van der Waals surface area contributed by atoms with Crippen LogP contribution in [0.2, 0.25) is 0 Å². The lowest BCUT2D eigenvalue weighted by atomic mass is 10.1. The second-order valence-corrected chi connectivity index (χ2v) is 6.64. The highest BCUT2D eigenvalue weighted by atomic mass is 16.5. The standard InChI is InChI=1S/C22H24N4O2/c1-4-28-17-11-9-16(10-12-17)14-26(3)15(2)21(27)18(13-23)22-24-19-7-5-6-8-20(19)25-22/h5-12,15,27H,4,14H2,1-3H3,(H,24,25)/b21-18-/t15-/m1/s1. The first-order valence-corrected chi connectivity index (χ1v) is 9.23. The maximum absolute atomic E-state index is 10.8. The van der Waals surface area contributed by atoms with Crippen molar-refractivity contribution in [2.75, 3.05) is 13.7 Å². The van der Waals surface area contributed by atoms with E-state index in [1.807, 2.05) is 74.3 Å². The number of nitrogens with zero attached hydrogens (tertiary/aromatic N) is 3. The molecule has 0 bridgehead atoms. The quantitative estimate of drug-likeness (QED) is 0.475. The molecule has 0 aliphatic rings. The van der Waals surface area contributed by atoms with Gasteiger partial charge in [-0.2, -0.15) is 5.26 Å². The number of nitriles is 1. The second kappa shape index (κ2) is 8.59. The molecule has 0 spiro atoms. The number of allylic oxidation sites excluding steroid dienone is 1. The number of likely N-dealkylation sites (N-methyl/N-ethyl adjacent to an activating group) is 1. The van der Waals surface area contributed by atoms with E-state index in [0.29, 0.717) is 19.0 Å². The van der Waals surface area contributed by atoms with Gasteiger partial charge in [-0.25, -0.2) is 4.98 Å². The fraction of sp³-hybridized carbons (Fsp3) is 0.273. The van der Waals surface area contributed by atoms with Crippen LogP contribution in [-0.4, -0.2) is 39.7 Å². The summed E-state index contributed by atoms with van der Waals surface area (Å²) in [7, 11) is 1.91. The van der Waals surface area contributed by atoms with E-state index in [0.717, 1.165) is 22.3 Å². The summed E-state index contributed by atoms with van der Waals surface area (Å²) in [5.41, 5.74) is 2.83. The van der Waals surface area contributed by atoms with Gasteiger partial charge in [-0.1, -0.05) is 24.3 Å². The smallest absolute Gasteiger partial charge is 0.152 e. The van der Waals surface area contributed by atoms with Crippen LogP contribution in [-0.2, 0) is 6.54 Å². The number of rotatable bonds is 7. The lowest BCUT2D eigenvalue weighted by molar-refractivity contribution is 0.217. The fourth-order valence-electron chi connectivity index (χ4n) is 3.00. The first-order valence-electron chi connectivity index (χ1n) is 9.23. The van der Waals surface area contributed by atoms with Crippen molar-refractivity contribution in [3.8, 4) is 11.8 Å². The second-order valence-electron chi connectivity index (χ2n) is 6.64. The van der Waals surface area contributed by atoms with E-state index in [1.165, 1.54) is 0 Å². The zero-order valence-corrected chi connectivity index (χ0v) is 16.3. The maximum atomic E-state index is 10.8. The average molecular weight is 376 g/mol. The number of para-hydroxylation sites is 2. The van der Waals surface area contributed by atoms with Gasteiger partial charge in [-0.3, -0.25) is 4.90 Å². The highest BCUT2D eigenvalue weighted by Crippen LogP contribution is 2.22.